The smallest absolute Gasteiger partial charge is 0.305 e. The Morgan fingerprint density at radius 2 is 1.70 bits per heavy atom. The summed E-state index contributed by atoms with van der Waals surface area (Å²) in [6.45, 7) is 0.450. The Balaban J connectivity index is 1.89. The van der Waals surface area contributed by atoms with E-state index in [1.807, 2.05) is 0 Å². The van der Waals surface area contributed by atoms with Gasteiger partial charge in [0.1, 0.15) is 11.4 Å². The van der Waals surface area contributed by atoms with E-state index in [0.717, 1.165) is 0 Å². The van der Waals surface area contributed by atoms with E-state index in [-0.39, 0.29) is 17.8 Å². The van der Waals surface area contributed by atoms with Crippen molar-refractivity contribution in [2.24, 2.45) is 14.1 Å². The number of hydrogen-bond donors (Lipinski definition) is 3. The van der Waals surface area contributed by atoms with Crippen LogP contribution in [-0.4, -0.2) is 40.6 Å². The highest BCUT2D eigenvalue weighted by atomic mass is 16.5. The second kappa shape index (κ2) is 8.93. The number of carbonyl (C=O) groups excluding carboxylic acids is 3. The maximum atomic E-state index is 12.3. The number of nitrogens with zero attached hydrogens (tertiary/aromatic N) is 2. The molecule has 0 unspecified atom stereocenters. The molecular weight excluding hydrogens is 350 g/mol. The van der Waals surface area contributed by atoms with Crippen molar-refractivity contribution in [2.45, 2.75) is 19.3 Å². The number of aryl methyl sites for hydroxylation is 2. The van der Waals surface area contributed by atoms with Crippen LogP contribution in [0.5, 0.6) is 0 Å². The fraction of sp³-hybridized carbons (Fsp3) is 0.389. The van der Waals surface area contributed by atoms with Crippen molar-refractivity contribution >= 4 is 29.2 Å². The van der Waals surface area contributed by atoms with Crippen LogP contribution in [0.1, 0.15) is 40.2 Å². The van der Waals surface area contributed by atoms with Crippen molar-refractivity contribution in [3.8, 4) is 0 Å². The molecule has 2 aromatic heterocycles. The third kappa shape index (κ3) is 5.37. The first kappa shape index (κ1) is 20.1. The van der Waals surface area contributed by atoms with Gasteiger partial charge >= 0.3 is 5.97 Å². The summed E-state index contributed by atoms with van der Waals surface area (Å²) in [5.74, 6) is -0.821. The molecule has 9 heteroatoms. The topological polar surface area (TPSA) is 120 Å². The van der Waals surface area contributed by atoms with E-state index in [9.17, 15) is 14.4 Å². The van der Waals surface area contributed by atoms with Crippen LogP contribution in [0.4, 0.5) is 11.4 Å². The number of methoxy groups -OCH3 is 1. The molecule has 2 heterocycles. The van der Waals surface area contributed by atoms with Gasteiger partial charge in [-0.1, -0.05) is 0 Å². The third-order valence-electron chi connectivity index (χ3n) is 4.08. The minimum Gasteiger partial charge on any atom is -0.469 e. The lowest BCUT2D eigenvalue weighted by atomic mass is 10.2. The molecule has 9 nitrogen and oxygen atoms in total. The van der Waals surface area contributed by atoms with Crippen LogP contribution < -0.4 is 16.4 Å². The summed E-state index contributed by atoms with van der Waals surface area (Å²) in [5.41, 5.74) is 7.55. The molecule has 0 fully saturated rings. The van der Waals surface area contributed by atoms with E-state index < -0.39 is 0 Å². The van der Waals surface area contributed by atoms with Crippen LogP contribution in [0, 0.1) is 0 Å². The van der Waals surface area contributed by atoms with E-state index in [2.05, 4.69) is 15.4 Å². The van der Waals surface area contributed by atoms with Crippen LogP contribution in [-0.2, 0) is 23.6 Å². The Morgan fingerprint density at radius 1 is 1.04 bits per heavy atom. The Kier molecular flexibility index (Phi) is 6.64. The molecule has 0 aliphatic heterocycles. The molecule has 0 atom stereocenters. The molecule has 4 N–H and O–H groups in total. The first-order chi connectivity index (χ1) is 12.8. The molecule has 0 radical (unpaired) electrons. The molecule has 0 spiro atoms. The van der Waals surface area contributed by atoms with Gasteiger partial charge < -0.3 is 30.2 Å². The standard InChI is InChI=1S/C18H25N5O4/c1-22-10-12(19)8-14(22)18(26)21-13-9-15(23(2)11-13)17(25)20-7-5-4-6-16(24)27-3/h8-11H,4-7,19H2,1-3H3,(H,20,25)(H,21,26). The number of nitrogens with one attached hydrogen (secondary N) is 2. The number of esters is 1. The molecule has 0 saturated carbocycles. The number of amides is 2. The molecule has 0 aliphatic rings. The van der Waals surface area contributed by atoms with E-state index in [1.54, 1.807) is 47.8 Å². The molecule has 146 valence electrons. The Morgan fingerprint density at radius 3 is 2.33 bits per heavy atom. The van der Waals surface area contributed by atoms with Crippen molar-refractivity contribution in [3.05, 3.63) is 35.9 Å². The van der Waals surface area contributed by atoms with E-state index >= 15 is 0 Å². The molecule has 0 aromatic carbocycles. The highest BCUT2D eigenvalue weighted by Gasteiger charge is 2.15. The lowest BCUT2D eigenvalue weighted by Crippen LogP contribution is -2.26. The highest BCUT2D eigenvalue weighted by Crippen LogP contribution is 2.16. The molecule has 27 heavy (non-hydrogen) atoms. The van der Waals surface area contributed by atoms with Crippen molar-refractivity contribution in [1.82, 2.24) is 14.5 Å². The van der Waals surface area contributed by atoms with Gasteiger partial charge in [0.2, 0.25) is 0 Å². The lowest BCUT2D eigenvalue weighted by molar-refractivity contribution is -0.140. The number of aromatic nitrogens is 2. The normalized spacial score (nSPS) is 10.5. The number of hydrogen-bond acceptors (Lipinski definition) is 5. The van der Waals surface area contributed by atoms with Gasteiger partial charge in [0.05, 0.1) is 18.5 Å². The number of carbonyl (C=O) groups is 3. The first-order valence-electron chi connectivity index (χ1n) is 8.56. The summed E-state index contributed by atoms with van der Waals surface area (Å²) in [6, 6.07) is 3.19. The zero-order valence-electron chi connectivity index (χ0n) is 15.7. The van der Waals surface area contributed by atoms with E-state index in [0.29, 0.717) is 48.6 Å². The predicted molar refractivity (Wildman–Crippen MR) is 101 cm³/mol. The molecule has 0 aliphatic carbocycles. The van der Waals surface area contributed by atoms with Gasteiger partial charge in [-0.2, -0.15) is 0 Å². The van der Waals surface area contributed by atoms with E-state index in [4.69, 9.17) is 5.73 Å². The maximum absolute atomic E-state index is 12.3. The molecule has 2 rings (SSSR count). The summed E-state index contributed by atoms with van der Waals surface area (Å²) in [6.07, 6.45) is 4.96. The number of ether oxygens (including phenoxy) is 1. The molecular formula is C18H25N5O4. The number of rotatable bonds is 8. The molecule has 2 aromatic rings. The van der Waals surface area contributed by atoms with Crippen molar-refractivity contribution in [3.63, 3.8) is 0 Å². The second-order valence-electron chi connectivity index (χ2n) is 6.24. The van der Waals surface area contributed by atoms with Gasteiger partial charge in [-0.25, -0.2) is 0 Å². The van der Waals surface area contributed by atoms with E-state index in [1.165, 1.54) is 7.11 Å². The van der Waals surface area contributed by atoms with Gasteiger partial charge in [-0.15, -0.1) is 0 Å². The predicted octanol–water partition coefficient (Wildman–Crippen LogP) is 1.27. The van der Waals surface area contributed by atoms with Gasteiger partial charge in [0.25, 0.3) is 11.8 Å². The zero-order chi connectivity index (χ0) is 20.0. The van der Waals surface area contributed by atoms with Crippen LogP contribution in [0.2, 0.25) is 0 Å². The third-order valence-corrected chi connectivity index (χ3v) is 4.08. The largest absolute Gasteiger partial charge is 0.469 e. The SMILES string of the molecule is COC(=O)CCCCNC(=O)c1cc(NC(=O)c2cc(N)cn2C)cn1C. The molecule has 2 amide bonds. The Bertz CT molecular complexity index is 837. The summed E-state index contributed by atoms with van der Waals surface area (Å²) in [5, 5.41) is 5.55. The minimum atomic E-state index is -0.311. The molecule has 0 bridgehead atoms. The number of unbranched alkanes of at least 4 members (excludes halogenated alkanes) is 1. The van der Waals surface area contributed by atoms with Crippen LogP contribution >= 0.6 is 0 Å². The van der Waals surface area contributed by atoms with Gasteiger partial charge in [0.15, 0.2) is 0 Å². The number of anilines is 2. The first-order valence-corrected chi connectivity index (χ1v) is 8.56. The second-order valence-corrected chi connectivity index (χ2v) is 6.24. The maximum Gasteiger partial charge on any atom is 0.305 e. The number of nitrogen functional groups attached to an aromatic ring is 1. The van der Waals surface area contributed by atoms with Crippen molar-refractivity contribution in [1.29, 1.82) is 0 Å². The molecule has 0 saturated heterocycles. The number of nitrogens with two attached hydrogens (primary N) is 1. The fourth-order valence-electron chi connectivity index (χ4n) is 2.66. The monoisotopic (exact) mass is 375 g/mol. The Labute approximate surface area is 157 Å². The summed E-state index contributed by atoms with van der Waals surface area (Å²) < 4.78 is 7.84. The lowest BCUT2D eigenvalue weighted by Gasteiger charge is -2.05. The van der Waals surface area contributed by atoms with Gasteiger partial charge in [-0.05, 0) is 25.0 Å². The zero-order valence-corrected chi connectivity index (χ0v) is 15.7. The van der Waals surface area contributed by atoms with Crippen LogP contribution in [0.15, 0.2) is 24.5 Å². The van der Waals surface area contributed by atoms with Gasteiger partial charge in [0, 0.05) is 39.5 Å². The summed E-state index contributed by atoms with van der Waals surface area (Å²) in [7, 11) is 4.81. The van der Waals surface area contributed by atoms with Crippen molar-refractivity contribution in [2.75, 3.05) is 24.7 Å². The summed E-state index contributed by atoms with van der Waals surface area (Å²) in [4.78, 5) is 35.7. The average molecular weight is 375 g/mol. The minimum absolute atomic E-state index is 0.251. The van der Waals surface area contributed by atoms with Crippen LogP contribution in [0.3, 0.4) is 0 Å². The van der Waals surface area contributed by atoms with Gasteiger partial charge in [-0.3, -0.25) is 14.4 Å². The van der Waals surface area contributed by atoms with Crippen molar-refractivity contribution < 1.29 is 19.1 Å². The summed E-state index contributed by atoms with van der Waals surface area (Å²) >= 11 is 0. The fourth-order valence-corrected chi connectivity index (χ4v) is 2.66. The quantitative estimate of drug-likeness (QED) is 0.474. The average Bonchev–Trinajstić information content (AvgIpc) is 3.15. The van der Waals surface area contributed by atoms with Crippen LogP contribution in [0.25, 0.3) is 0 Å². The highest BCUT2D eigenvalue weighted by molar-refractivity contribution is 6.04. The Hall–Kier alpha value is -3.23.